The summed E-state index contributed by atoms with van der Waals surface area (Å²) in [7, 11) is 0. The van der Waals surface area contributed by atoms with Crippen LogP contribution in [0.4, 0.5) is 0 Å². The number of nitrogens with zero attached hydrogens (tertiary/aromatic N) is 1. The van der Waals surface area contributed by atoms with Crippen molar-refractivity contribution in [2.45, 2.75) is 46.2 Å². The van der Waals surface area contributed by atoms with Crippen molar-refractivity contribution in [3.63, 3.8) is 0 Å². The van der Waals surface area contributed by atoms with Crippen molar-refractivity contribution in [2.75, 3.05) is 19.6 Å². The molecule has 0 aromatic heterocycles. The molecule has 1 aromatic rings. The molecule has 1 atom stereocenters. The topological polar surface area (TPSA) is 15.3 Å². The summed E-state index contributed by atoms with van der Waals surface area (Å²) in [6.45, 7) is 13.9. The van der Waals surface area contributed by atoms with E-state index in [1.807, 2.05) is 18.2 Å². The molecule has 0 spiro atoms. The van der Waals surface area contributed by atoms with Gasteiger partial charge in [-0.25, -0.2) is 0 Å². The monoisotopic (exact) mass is 316 g/mol. The summed E-state index contributed by atoms with van der Waals surface area (Å²) in [4.78, 5) is 2.44. The molecule has 1 aromatic carbocycles. The molecule has 1 N–H and O–H groups in total. The van der Waals surface area contributed by atoms with Gasteiger partial charge in [-0.05, 0) is 57.2 Å². The van der Waals surface area contributed by atoms with Crippen molar-refractivity contribution in [1.29, 1.82) is 0 Å². The van der Waals surface area contributed by atoms with Crippen LogP contribution in [0.15, 0.2) is 18.2 Å². The summed E-state index contributed by atoms with van der Waals surface area (Å²) < 4.78 is 0. The fourth-order valence-corrected chi connectivity index (χ4v) is 3.31. The van der Waals surface area contributed by atoms with E-state index < -0.39 is 0 Å². The summed E-state index contributed by atoms with van der Waals surface area (Å²) in [6, 6.07) is 5.82. The van der Waals surface area contributed by atoms with Gasteiger partial charge < -0.3 is 5.32 Å². The normalized spacial score (nSPS) is 13.8. The highest BCUT2D eigenvalue weighted by molar-refractivity contribution is 6.33. The average Bonchev–Trinajstić information content (AvgIpc) is 2.40. The summed E-state index contributed by atoms with van der Waals surface area (Å²) in [5, 5.41) is 5.06. The lowest BCUT2D eigenvalue weighted by Crippen LogP contribution is -2.52. The van der Waals surface area contributed by atoms with E-state index in [2.05, 4.69) is 44.8 Å². The molecule has 0 radical (unpaired) electrons. The molecule has 0 bridgehead atoms. The van der Waals surface area contributed by atoms with E-state index in [4.69, 9.17) is 23.2 Å². The third-order valence-electron chi connectivity index (χ3n) is 3.96. The van der Waals surface area contributed by atoms with Gasteiger partial charge in [0.25, 0.3) is 0 Å². The summed E-state index contributed by atoms with van der Waals surface area (Å²) in [6.07, 6.45) is 0. The van der Waals surface area contributed by atoms with Gasteiger partial charge in [0, 0.05) is 15.6 Å². The van der Waals surface area contributed by atoms with Crippen LogP contribution >= 0.6 is 23.2 Å². The number of nitrogens with one attached hydrogen (secondary N) is 1. The van der Waals surface area contributed by atoms with E-state index in [1.54, 1.807) is 0 Å². The molecule has 1 unspecified atom stereocenters. The van der Waals surface area contributed by atoms with Crippen molar-refractivity contribution in [2.24, 2.45) is 0 Å². The van der Waals surface area contributed by atoms with E-state index in [1.165, 1.54) is 0 Å². The van der Waals surface area contributed by atoms with Gasteiger partial charge in [0.1, 0.15) is 0 Å². The molecule has 0 heterocycles. The SMILES string of the molecule is CCNC(c1cc(Cl)ccc1Cl)C(C)(C)N(CC)CC. The second-order valence-electron chi connectivity index (χ2n) is 5.48. The number of hydrogen-bond acceptors (Lipinski definition) is 2. The highest BCUT2D eigenvalue weighted by Gasteiger charge is 2.35. The van der Waals surface area contributed by atoms with Crippen LogP contribution in [0.25, 0.3) is 0 Å². The maximum Gasteiger partial charge on any atom is 0.0517 e. The van der Waals surface area contributed by atoms with Gasteiger partial charge in [0.05, 0.1) is 6.04 Å². The van der Waals surface area contributed by atoms with Crippen LogP contribution in [0, 0.1) is 0 Å². The number of hydrogen-bond donors (Lipinski definition) is 1. The van der Waals surface area contributed by atoms with Crippen LogP contribution in [0.1, 0.15) is 46.2 Å². The molecule has 20 heavy (non-hydrogen) atoms. The second-order valence-corrected chi connectivity index (χ2v) is 6.33. The summed E-state index contributed by atoms with van der Waals surface area (Å²) >= 11 is 12.6. The Hall–Kier alpha value is -0.280. The number of likely N-dealkylation sites (N-methyl/N-ethyl adjacent to an activating group) is 2. The quantitative estimate of drug-likeness (QED) is 0.779. The van der Waals surface area contributed by atoms with Crippen molar-refractivity contribution < 1.29 is 0 Å². The maximum atomic E-state index is 6.41. The van der Waals surface area contributed by atoms with Crippen LogP contribution in [-0.4, -0.2) is 30.1 Å². The largest absolute Gasteiger partial charge is 0.309 e. The molecule has 2 nitrogen and oxygen atoms in total. The van der Waals surface area contributed by atoms with Crippen LogP contribution in [0.3, 0.4) is 0 Å². The van der Waals surface area contributed by atoms with Crippen LogP contribution in [0.2, 0.25) is 10.0 Å². The fraction of sp³-hybridized carbons (Fsp3) is 0.625. The first-order valence-corrected chi connectivity index (χ1v) is 8.07. The molecule has 0 aliphatic rings. The predicted molar refractivity (Wildman–Crippen MR) is 89.9 cm³/mol. The molecule has 4 heteroatoms. The molecule has 0 fully saturated rings. The number of halogens is 2. The number of rotatable bonds is 7. The van der Waals surface area contributed by atoms with Gasteiger partial charge in [0.15, 0.2) is 0 Å². The van der Waals surface area contributed by atoms with E-state index in [9.17, 15) is 0 Å². The minimum absolute atomic E-state index is 0.0478. The lowest BCUT2D eigenvalue weighted by molar-refractivity contribution is 0.0919. The Balaban J connectivity index is 3.25. The van der Waals surface area contributed by atoms with Crippen molar-refractivity contribution in [3.05, 3.63) is 33.8 Å². The molecule has 114 valence electrons. The first-order chi connectivity index (χ1) is 9.38. The fourth-order valence-electron chi connectivity index (χ4n) is 2.90. The summed E-state index contributed by atoms with van der Waals surface area (Å²) in [5.41, 5.74) is 1.02. The lowest BCUT2D eigenvalue weighted by atomic mass is 9.86. The molecule has 1 rings (SSSR count). The molecule has 0 aliphatic carbocycles. The number of benzene rings is 1. The zero-order valence-corrected chi connectivity index (χ0v) is 14.6. The van der Waals surface area contributed by atoms with Gasteiger partial charge >= 0.3 is 0 Å². The van der Waals surface area contributed by atoms with E-state index in [0.717, 1.165) is 35.2 Å². The first-order valence-electron chi connectivity index (χ1n) is 7.31. The Bertz CT molecular complexity index is 428. The smallest absolute Gasteiger partial charge is 0.0517 e. The van der Waals surface area contributed by atoms with E-state index >= 15 is 0 Å². The average molecular weight is 317 g/mol. The van der Waals surface area contributed by atoms with Gasteiger partial charge in [-0.1, -0.05) is 44.0 Å². The van der Waals surface area contributed by atoms with Gasteiger partial charge in [-0.2, -0.15) is 0 Å². The minimum atomic E-state index is -0.0478. The molecule has 0 amide bonds. The van der Waals surface area contributed by atoms with Crippen LogP contribution in [0.5, 0.6) is 0 Å². The highest BCUT2D eigenvalue weighted by atomic mass is 35.5. The van der Waals surface area contributed by atoms with Crippen LogP contribution < -0.4 is 5.32 Å². The molecule has 0 aliphatic heterocycles. The third-order valence-corrected chi connectivity index (χ3v) is 4.54. The van der Waals surface area contributed by atoms with E-state index in [-0.39, 0.29) is 11.6 Å². The third kappa shape index (κ3) is 3.88. The van der Waals surface area contributed by atoms with Gasteiger partial charge in [0.2, 0.25) is 0 Å². The Morgan fingerprint density at radius 2 is 1.75 bits per heavy atom. The molecule has 0 saturated heterocycles. The second kappa shape index (κ2) is 7.65. The first kappa shape index (κ1) is 17.8. The lowest BCUT2D eigenvalue weighted by Gasteiger charge is -2.44. The summed E-state index contributed by atoms with van der Waals surface area (Å²) in [5.74, 6) is 0. The Kier molecular flexibility index (Phi) is 6.80. The van der Waals surface area contributed by atoms with Gasteiger partial charge in [-0.3, -0.25) is 4.90 Å². The minimum Gasteiger partial charge on any atom is -0.309 e. The van der Waals surface area contributed by atoms with Crippen molar-refractivity contribution in [1.82, 2.24) is 10.2 Å². The van der Waals surface area contributed by atoms with Crippen LogP contribution in [-0.2, 0) is 0 Å². The molecular formula is C16H26Cl2N2. The Labute approximate surface area is 133 Å². The van der Waals surface area contributed by atoms with E-state index in [0.29, 0.717) is 0 Å². The van der Waals surface area contributed by atoms with Gasteiger partial charge in [-0.15, -0.1) is 0 Å². The Morgan fingerprint density at radius 3 is 2.25 bits per heavy atom. The zero-order valence-electron chi connectivity index (χ0n) is 13.1. The van der Waals surface area contributed by atoms with Crippen molar-refractivity contribution >= 4 is 23.2 Å². The highest BCUT2D eigenvalue weighted by Crippen LogP contribution is 2.36. The predicted octanol–water partition coefficient (Wildman–Crippen LogP) is 4.76. The zero-order chi connectivity index (χ0) is 15.3. The molecular weight excluding hydrogens is 291 g/mol. The Morgan fingerprint density at radius 1 is 1.15 bits per heavy atom. The maximum absolute atomic E-state index is 6.41. The standard InChI is InChI=1S/C16H26Cl2N2/c1-6-19-15(16(4,5)20(7-2)8-3)13-11-12(17)9-10-14(13)18/h9-11,15,19H,6-8H2,1-5H3. The van der Waals surface area contributed by atoms with Crippen molar-refractivity contribution in [3.8, 4) is 0 Å². The molecule has 0 saturated carbocycles.